The Balaban J connectivity index is 1.78. The second-order valence-corrected chi connectivity index (χ2v) is 8.21. The molecular formula is C26H29ClN2O4. The standard InChI is InChI=1S/C26H29ClN2O4/c1-20-13-14-23(33-20)18-29(17-21-9-5-3-6-10-21)24(30)19-28(15-16-32-2)26(31)25(27)22-11-7-4-8-12-22/h3-14,25H,15-19H2,1-2H3. The molecule has 6 nitrogen and oxygen atoms in total. The van der Waals surface area contributed by atoms with Gasteiger partial charge in [-0.05, 0) is 30.2 Å². The number of halogens is 1. The maximum Gasteiger partial charge on any atom is 0.245 e. The lowest BCUT2D eigenvalue weighted by Gasteiger charge is -2.28. The molecule has 0 radical (unpaired) electrons. The maximum absolute atomic E-state index is 13.4. The number of rotatable bonds is 11. The summed E-state index contributed by atoms with van der Waals surface area (Å²) in [4.78, 5) is 29.7. The summed E-state index contributed by atoms with van der Waals surface area (Å²) in [5.41, 5.74) is 1.68. The van der Waals surface area contributed by atoms with Crippen molar-refractivity contribution in [1.29, 1.82) is 0 Å². The van der Waals surface area contributed by atoms with Crippen LogP contribution in [0, 0.1) is 6.92 Å². The molecule has 1 heterocycles. The second-order valence-electron chi connectivity index (χ2n) is 7.77. The highest BCUT2D eigenvalue weighted by Crippen LogP contribution is 2.23. The van der Waals surface area contributed by atoms with Crippen LogP contribution in [0.2, 0.25) is 0 Å². The number of alkyl halides is 1. The van der Waals surface area contributed by atoms with Crippen molar-refractivity contribution in [3.8, 4) is 0 Å². The van der Waals surface area contributed by atoms with Crippen LogP contribution in [0.15, 0.2) is 77.2 Å². The number of carbonyl (C=O) groups excluding carboxylic acids is 2. The summed E-state index contributed by atoms with van der Waals surface area (Å²) >= 11 is 6.48. The van der Waals surface area contributed by atoms with Crippen LogP contribution < -0.4 is 0 Å². The zero-order valence-electron chi connectivity index (χ0n) is 18.9. The van der Waals surface area contributed by atoms with E-state index in [0.717, 1.165) is 11.3 Å². The van der Waals surface area contributed by atoms with E-state index in [1.54, 1.807) is 24.1 Å². The number of ether oxygens (including phenoxy) is 1. The van der Waals surface area contributed by atoms with Crippen LogP contribution in [0.1, 0.15) is 28.0 Å². The summed E-state index contributed by atoms with van der Waals surface area (Å²) < 4.78 is 10.9. The van der Waals surface area contributed by atoms with Gasteiger partial charge < -0.3 is 19.0 Å². The van der Waals surface area contributed by atoms with Gasteiger partial charge in [0.15, 0.2) is 0 Å². The predicted octanol–water partition coefficient (Wildman–Crippen LogP) is 4.57. The minimum Gasteiger partial charge on any atom is -0.464 e. The Kier molecular flexibility index (Phi) is 9.10. The first-order chi connectivity index (χ1) is 16.0. The molecule has 33 heavy (non-hydrogen) atoms. The van der Waals surface area contributed by atoms with E-state index in [2.05, 4.69) is 0 Å². The Morgan fingerprint density at radius 2 is 1.61 bits per heavy atom. The second kappa shape index (κ2) is 12.2. The zero-order valence-corrected chi connectivity index (χ0v) is 19.7. The first kappa shape index (κ1) is 24.6. The Morgan fingerprint density at radius 1 is 0.939 bits per heavy atom. The van der Waals surface area contributed by atoms with Crippen molar-refractivity contribution in [1.82, 2.24) is 9.80 Å². The van der Waals surface area contributed by atoms with Gasteiger partial charge in [0, 0.05) is 20.2 Å². The normalized spacial score (nSPS) is 11.7. The average molecular weight is 469 g/mol. The molecule has 0 bridgehead atoms. The lowest BCUT2D eigenvalue weighted by Crippen LogP contribution is -2.44. The highest BCUT2D eigenvalue weighted by molar-refractivity contribution is 6.30. The Morgan fingerprint density at radius 3 is 2.21 bits per heavy atom. The molecule has 1 atom stereocenters. The first-order valence-electron chi connectivity index (χ1n) is 10.8. The lowest BCUT2D eigenvalue weighted by atomic mass is 10.1. The summed E-state index contributed by atoms with van der Waals surface area (Å²) in [6.07, 6.45) is 0. The summed E-state index contributed by atoms with van der Waals surface area (Å²) in [6, 6.07) is 22.6. The van der Waals surface area contributed by atoms with Gasteiger partial charge in [0.05, 0.1) is 19.7 Å². The van der Waals surface area contributed by atoms with E-state index in [0.29, 0.717) is 31.0 Å². The number of aryl methyl sites for hydroxylation is 1. The lowest BCUT2D eigenvalue weighted by molar-refractivity contribution is -0.141. The van der Waals surface area contributed by atoms with Crippen LogP contribution in [0.25, 0.3) is 0 Å². The summed E-state index contributed by atoms with van der Waals surface area (Å²) in [6.45, 7) is 3.02. The van der Waals surface area contributed by atoms with Gasteiger partial charge in [0.25, 0.3) is 0 Å². The van der Waals surface area contributed by atoms with Crippen molar-refractivity contribution < 1.29 is 18.7 Å². The molecule has 2 aromatic carbocycles. The minimum atomic E-state index is -0.883. The number of amides is 2. The third kappa shape index (κ3) is 7.20. The van der Waals surface area contributed by atoms with E-state index in [-0.39, 0.29) is 24.9 Å². The largest absolute Gasteiger partial charge is 0.464 e. The molecule has 2 amide bonds. The number of furan rings is 1. The van der Waals surface area contributed by atoms with Gasteiger partial charge in [-0.25, -0.2) is 0 Å². The highest BCUT2D eigenvalue weighted by atomic mass is 35.5. The van der Waals surface area contributed by atoms with Crippen molar-refractivity contribution in [3.05, 3.63) is 95.4 Å². The Labute approximate surface area is 199 Å². The SMILES string of the molecule is COCCN(CC(=O)N(Cc1ccccc1)Cc1ccc(C)o1)C(=O)C(Cl)c1ccccc1. The molecule has 0 aliphatic heterocycles. The van der Waals surface area contributed by atoms with Crippen molar-refractivity contribution in [2.45, 2.75) is 25.4 Å². The number of hydrogen-bond acceptors (Lipinski definition) is 4. The van der Waals surface area contributed by atoms with Crippen molar-refractivity contribution in [2.75, 3.05) is 26.8 Å². The number of carbonyl (C=O) groups is 2. The van der Waals surface area contributed by atoms with Gasteiger partial charge in [0.1, 0.15) is 16.9 Å². The van der Waals surface area contributed by atoms with Crippen LogP contribution in [-0.4, -0.2) is 48.4 Å². The van der Waals surface area contributed by atoms with Gasteiger partial charge in [-0.2, -0.15) is 0 Å². The maximum atomic E-state index is 13.4. The molecule has 0 saturated carbocycles. The summed E-state index contributed by atoms with van der Waals surface area (Å²) in [7, 11) is 1.56. The number of benzene rings is 2. The molecule has 3 rings (SSSR count). The first-order valence-corrected chi connectivity index (χ1v) is 11.3. The fourth-order valence-corrected chi connectivity index (χ4v) is 3.73. The van der Waals surface area contributed by atoms with Crippen LogP contribution in [0.5, 0.6) is 0 Å². The third-order valence-electron chi connectivity index (χ3n) is 5.22. The van der Waals surface area contributed by atoms with Gasteiger partial charge in [0.2, 0.25) is 11.8 Å². The fourth-order valence-electron chi connectivity index (χ4n) is 3.45. The molecule has 174 valence electrons. The monoisotopic (exact) mass is 468 g/mol. The van der Waals surface area contributed by atoms with E-state index in [4.69, 9.17) is 20.8 Å². The Bertz CT molecular complexity index is 1020. The van der Waals surface area contributed by atoms with Crippen LogP contribution in [-0.2, 0) is 27.4 Å². The van der Waals surface area contributed by atoms with E-state index in [1.807, 2.05) is 67.6 Å². The van der Waals surface area contributed by atoms with Gasteiger partial charge in [-0.3, -0.25) is 9.59 Å². The van der Waals surface area contributed by atoms with E-state index < -0.39 is 5.38 Å². The van der Waals surface area contributed by atoms with E-state index >= 15 is 0 Å². The third-order valence-corrected chi connectivity index (χ3v) is 5.66. The molecule has 0 spiro atoms. The highest BCUT2D eigenvalue weighted by Gasteiger charge is 2.27. The van der Waals surface area contributed by atoms with E-state index in [1.165, 1.54) is 4.90 Å². The zero-order chi connectivity index (χ0) is 23.6. The molecule has 1 aromatic heterocycles. The van der Waals surface area contributed by atoms with Gasteiger partial charge in [-0.15, -0.1) is 11.6 Å². The fraction of sp³-hybridized carbons (Fsp3) is 0.308. The van der Waals surface area contributed by atoms with Crippen LogP contribution >= 0.6 is 11.6 Å². The van der Waals surface area contributed by atoms with Gasteiger partial charge >= 0.3 is 0 Å². The quantitative estimate of drug-likeness (QED) is 0.387. The van der Waals surface area contributed by atoms with Crippen LogP contribution in [0.3, 0.4) is 0 Å². The molecule has 1 unspecified atom stereocenters. The smallest absolute Gasteiger partial charge is 0.245 e. The molecule has 0 N–H and O–H groups in total. The Hall–Kier alpha value is -3.09. The summed E-state index contributed by atoms with van der Waals surface area (Å²) in [5, 5.41) is -0.883. The van der Waals surface area contributed by atoms with Crippen molar-refractivity contribution in [2.24, 2.45) is 0 Å². The number of methoxy groups -OCH3 is 1. The molecular weight excluding hydrogens is 440 g/mol. The minimum absolute atomic E-state index is 0.106. The average Bonchev–Trinajstić information content (AvgIpc) is 3.26. The molecule has 0 fully saturated rings. The molecule has 0 aliphatic carbocycles. The molecule has 3 aromatic rings. The summed E-state index contributed by atoms with van der Waals surface area (Å²) in [5.74, 6) is 0.934. The van der Waals surface area contributed by atoms with Crippen molar-refractivity contribution >= 4 is 23.4 Å². The topological polar surface area (TPSA) is 63.0 Å². The van der Waals surface area contributed by atoms with Gasteiger partial charge in [-0.1, -0.05) is 60.7 Å². The van der Waals surface area contributed by atoms with Crippen LogP contribution in [0.4, 0.5) is 0 Å². The molecule has 0 saturated heterocycles. The molecule has 7 heteroatoms. The predicted molar refractivity (Wildman–Crippen MR) is 128 cm³/mol. The van der Waals surface area contributed by atoms with Crippen molar-refractivity contribution in [3.63, 3.8) is 0 Å². The number of nitrogens with zero attached hydrogens (tertiary/aromatic N) is 2. The molecule has 0 aliphatic rings. The number of hydrogen-bond donors (Lipinski definition) is 0. The van der Waals surface area contributed by atoms with E-state index in [9.17, 15) is 9.59 Å².